The third-order valence-electron chi connectivity index (χ3n) is 3.71. The number of ether oxygens (including phenoxy) is 2. The molecule has 1 heterocycles. The van der Waals surface area contributed by atoms with Gasteiger partial charge in [0.1, 0.15) is 10.9 Å². The standard InChI is InChI=1S/C17H15Cl2F3N2O4/c1-27-4-5-28-7-11-8(2-3-9(13(11)25)16(23)26)10-6-12(18)14(17(20,21)22)24-15(10)19/h2-3,6,25H,4-5,7H2,1H3,(H2,23,26). The van der Waals surface area contributed by atoms with Crippen molar-refractivity contribution < 1.29 is 32.5 Å². The van der Waals surface area contributed by atoms with Gasteiger partial charge in [-0.1, -0.05) is 29.3 Å². The first-order valence-electron chi connectivity index (χ1n) is 7.72. The van der Waals surface area contributed by atoms with E-state index in [0.29, 0.717) is 0 Å². The van der Waals surface area contributed by atoms with Crippen LogP contribution in [0.15, 0.2) is 18.2 Å². The van der Waals surface area contributed by atoms with E-state index in [0.717, 1.165) is 6.07 Å². The summed E-state index contributed by atoms with van der Waals surface area (Å²) in [7, 11) is 1.47. The lowest BCUT2D eigenvalue weighted by molar-refractivity contribution is -0.141. The lowest BCUT2D eigenvalue weighted by Gasteiger charge is -2.17. The maximum Gasteiger partial charge on any atom is 0.434 e. The Labute approximate surface area is 168 Å². The monoisotopic (exact) mass is 438 g/mol. The number of nitrogens with zero attached hydrogens (tertiary/aromatic N) is 1. The number of primary amides is 1. The Balaban J connectivity index is 2.59. The number of phenols is 1. The number of amides is 1. The summed E-state index contributed by atoms with van der Waals surface area (Å²) < 4.78 is 49.1. The summed E-state index contributed by atoms with van der Waals surface area (Å²) in [4.78, 5) is 14.8. The van der Waals surface area contributed by atoms with Gasteiger partial charge in [0.2, 0.25) is 0 Å². The Bertz CT molecular complexity index is 892. The van der Waals surface area contributed by atoms with E-state index < -0.39 is 33.7 Å². The van der Waals surface area contributed by atoms with Gasteiger partial charge in [-0.25, -0.2) is 4.98 Å². The number of hydrogen-bond donors (Lipinski definition) is 2. The third kappa shape index (κ3) is 4.85. The number of nitrogens with two attached hydrogens (primary N) is 1. The van der Waals surface area contributed by atoms with Crippen LogP contribution in [0, 0.1) is 0 Å². The highest BCUT2D eigenvalue weighted by Crippen LogP contribution is 2.41. The topological polar surface area (TPSA) is 94.7 Å². The molecule has 0 saturated carbocycles. The molecule has 1 aromatic carbocycles. The molecule has 28 heavy (non-hydrogen) atoms. The van der Waals surface area contributed by atoms with E-state index in [1.807, 2.05) is 0 Å². The zero-order valence-electron chi connectivity index (χ0n) is 14.4. The minimum absolute atomic E-state index is 0.0244. The zero-order chi connectivity index (χ0) is 21.1. The quantitative estimate of drug-likeness (QED) is 0.502. The number of aromatic nitrogens is 1. The van der Waals surface area contributed by atoms with Gasteiger partial charge in [-0.15, -0.1) is 0 Å². The number of hydrogen-bond acceptors (Lipinski definition) is 5. The Kier molecular flexibility index (Phi) is 7.11. The predicted octanol–water partition coefficient (Wildman–Crippen LogP) is 4.04. The van der Waals surface area contributed by atoms with Crippen LogP contribution in [0.4, 0.5) is 13.2 Å². The molecule has 0 aliphatic heterocycles. The first kappa shape index (κ1) is 22.2. The highest BCUT2D eigenvalue weighted by atomic mass is 35.5. The fraction of sp³-hybridized carbons (Fsp3) is 0.294. The van der Waals surface area contributed by atoms with Crippen molar-refractivity contribution in [2.24, 2.45) is 5.73 Å². The number of carbonyl (C=O) groups excluding carboxylic acids is 1. The molecule has 0 aliphatic rings. The molecule has 1 aromatic heterocycles. The van der Waals surface area contributed by atoms with Crippen LogP contribution in [-0.4, -0.2) is 36.3 Å². The molecule has 2 rings (SSSR count). The summed E-state index contributed by atoms with van der Waals surface area (Å²) in [5, 5.41) is 9.26. The highest BCUT2D eigenvalue weighted by Gasteiger charge is 2.36. The van der Waals surface area contributed by atoms with E-state index in [4.69, 9.17) is 38.4 Å². The van der Waals surface area contributed by atoms with Crippen LogP contribution in [-0.2, 0) is 22.3 Å². The molecular formula is C17H15Cl2F3N2O4. The van der Waals surface area contributed by atoms with E-state index in [-0.39, 0.29) is 42.1 Å². The van der Waals surface area contributed by atoms with Gasteiger partial charge >= 0.3 is 6.18 Å². The second kappa shape index (κ2) is 8.95. The van der Waals surface area contributed by atoms with Gasteiger partial charge in [-0.05, 0) is 17.7 Å². The van der Waals surface area contributed by atoms with Gasteiger partial charge in [-0.3, -0.25) is 4.79 Å². The number of pyridine rings is 1. The maximum absolute atomic E-state index is 13.0. The molecule has 0 fully saturated rings. The molecule has 0 saturated heterocycles. The number of halogens is 5. The first-order chi connectivity index (χ1) is 13.1. The number of aromatic hydroxyl groups is 1. The molecule has 152 valence electrons. The predicted molar refractivity (Wildman–Crippen MR) is 96.4 cm³/mol. The number of rotatable bonds is 7. The van der Waals surface area contributed by atoms with Crippen molar-refractivity contribution in [3.05, 3.63) is 45.2 Å². The van der Waals surface area contributed by atoms with Gasteiger partial charge in [0.25, 0.3) is 5.91 Å². The summed E-state index contributed by atoms with van der Waals surface area (Å²) in [6, 6.07) is 3.56. The molecule has 6 nitrogen and oxygen atoms in total. The largest absolute Gasteiger partial charge is 0.507 e. The van der Waals surface area contributed by atoms with Crippen LogP contribution in [0.5, 0.6) is 5.75 Å². The molecule has 3 N–H and O–H groups in total. The second-order valence-electron chi connectivity index (χ2n) is 5.55. The SMILES string of the molecule is COCCOCc1c(-c2cc(Cl)c(C(F)(F)F)nc2Cl)ccc(C(N)=O)c1O. The number of benzene rings is 1. The van der Waals surface area contributed by atoms with E-state index in [2.05, 4.69) is 4.98 Å². The Morgan fingerprint density at radius 1 is 1.25 bits per heavy atom. The molecule has 0 spiro atoms. The van der Waals surface area contributed by atoms with Crippen molar-refractivity contribution in [3.63, 3.8) is 0 Å². The average Bonchev–Trinajstić information content (AvgIpc) is 2.60. The molecule has 0 radical (unpaired) electrons. The second-order valence-corrected chi connectivity index (χ2v) is 6.32. The van der Waals surface area contributed by atoms with E-state index in [9.17, 15) is 23.1 Å². The van der Waals surface area contributed by atoms with Crippen LogP contribution in [0.25, 0.3) is 11.1 Å². The molecular weight excluding hydrogens is 424 g/mol. The van der Waals surface area contributed by atoms with Crippen molar-refractivity contribution in [1.29, 1.82) is 0 Å². The summed E-state index contributed by atoms with van der Waals surface area (Å²) in [6.45, 7) is 0.233. The molecule has 0 aliphatic carbocycles. The summed E-state index contributed by atoms with van der Waals surface area (Å²) >= 11 is 11.7. The molecule has 11 heteroatoms. The number of methoxy groups -OCH3 is 1. The first-order valence-corrected chi connectivity index (χ1v) is 8.48. The lowest BCUT2D eigenvalue weighted by atomic mass is 9.97. The Morgan fingerprint density at radius 2 is 1.93 bits per heavy atom. The van der Waals surface area contributed by atoms with Crippen LogP contribution >= 0.6 is 23.2 Å². The fourth-order valence-corrected chi connectivity index (χ4v) is 2.90. The average molecular weight is 439 g/mol. The van der Waals surface area contributed by atoms with Crippen molar-refractivity contribution in [1.82, 2.24) is 4.98 Å². The minimum atomic E-state index is -4.79. The lowest BCUT2D eigenvalue weighted by Crippen LogP contribution is -2.13. The summed E-state index contributed by atoms with van der Waals surface area (Å²) in [5.41, 5.74) is 4.01. The fourth-order valence-electron chi connectivity index (χ4n) is 2.40. The summed E-state index contributed by atoms with van der Waals surface area (Å²) in [6.07, 6.45) is -4.79. The molecule has 0 bridgehead atoms. The highest BCUT2D eigenvalue weighted by molar-refractivity contribution is 6.34. The maximum atomic E-state index is 13.0. The minimum Gasteiger partial charge on any atom is -0.507 e. The van der Waals surface area contributed by atoms with Crippen molar-refractivity contribution in [3.8, 4) is 16.9 Å². The Morgan fingerprint density at radius 3 is 2.50 bits per heavy atom. The number of alkyl halides is 3. The smallest absolute Gasteiger partial charge is 0.434 e. The van der Waals surface area contributed by atoms with Crippen molar-refractivity contribution >= 4 is 29.1 Å². The van der Waals surface area contributed by atoms with Gasteiger partial charge in [-0.2, -0.15) is 13.2 Å². The summed E-state index contributed by atoms with van der Waals surface area (Å²) in [5.74, 6) is -1.37. The third-order valence-corrected chi connectivity index (χ3v) is 4.29. The Hall–Kier alpha value is -2.07. The van der Waals surface area contributed by atoms with Gasteiger partial charge in [0.15, 0.2) is 5.69 Å². The zero-order valence-corrected chi connectivity index (χ0v) is 16.0. The van der Waals surface area contributed by atoms with E-state index in [1.165, 1.54) is 19.2 Å². The molecule has 0 atom stereocenters. The van der Waals surface area contributed by atoms with Crippen LogP contribution in [0.2, 0.25) is 10.2 Å². The molecule has 1 amide bonds. The van der Waals surface area contributed by atoms with Crippen LogP contribution in [0.1, 0.15) is 21.6 Å². The van der Waals surface area contributed by atoms with Gasteiger partial charge < -0.3 is 20.3 Å². The van der Waals surface area contributed by atoms with E-state index in [1.54, 1.807) is 0 Å². The van der Waals surface area contributed by atoms with Crippen LogP contribution in [0.3, 0.4) is 0 Å². The number of carbonyl (C=O) groups is 1. The van der Waals surface area contributed by atoms with Crippen molar-refractivity contribution in [2.75, 3.05) is 20.3 Å². The van der Waals surface area contributed by atoms with Gasteiger partial charge in [0.05, 0.1) is 30.4 Å². The molecule has 0 unspecified atom stereocenters. The van der Waals surface area contributed by atoms with Crippen LogP contribution < -0.4 is 5.73 Å². The van der Waals surface area contributed by atoms with E-state index >= 15 is 0 Å². The molecule has 2 aromatic rings. The van der Waals surface area contributed by atoms with Crippen molar-refractivity contribution in [2.45, 2.75) is 12.8 Å². The normalized spacial score (nSPS) is 11.6. The van der Waals surface area contributed by atoms with Gasteiger partial charge in [0, 0.05) is 18.2 Å².